The number of nitrogens with zero attached hydrogens (tertiary/aromatic N) is 1. The van der Waals surface area contributed by atoms with Crippen LogP contribution in [0.1, 0.15) is 10.4 Å². The van der Waals surface area contributed by atoms with E-state index in [4.69, 9.17) is 16.0 Å². The highest BCUT2D eigenvalue weighted by molar-refractivity contribution is 9.10. The van der Waals surface area contributed by atoms with E-state index in [1.165, 1.54) is 0 Å². The molecule has 20 heavy (non-hydrogen) atoms. The van der Waals surface area contributed by atoms with E-state index in [2.05, 4.69) is 15.9 Å². The van der Waals surface area contributed by atoms with Crippen LogP contribution in [-0.2, 0) is 0 Å². The fraction of sp³-hybridized carbons (Fsp3) is 0. The maximum atomic E-state index is 12.5. The maximum absolute atomic E-state index is 12.5. The Morgan fingerprint density at radius 2 is 1.95 bits per heavy atom. The first-order valence-electron chi connectivity index (χ1n) is 5.68. The summed E-state index contributed by atoms with van der Waals surface area (Å²) >= 11 is 9.27. The van der Waals surface area contributed by atoms with Gasteiger partial charge in [-0.3, -0.25) is 4.79 Å². The SMILES string of the molecule is O=C(c1ccccc1Cl)n1c(=O)oc2cc(Br)ccc21. The van der Waals surface area contributed by atoms with Crippen molar-refractivity contribution < 1.29 is 9.21 Å². The van der Waals surface area contributed by atoms with Gasteiger partial charge in [0.15, 0.2) is 5.58 Å². The second-order valence-electron chi connectivity index (χ2n) is 4.10. The van der Waals surface area contributed by atoms with Crippen LogP contribution in [0.4, 0.5) is 0 Å². The first-order valence-corrected chi connectivity index (χ1v) is 6.85. The second-order valence-corrected chi connectivity index (χ2v) is 5.42. The van der Waals surface area contributed by atoms with Crippen LogP contribution in [-0.4, -0.2) is 10.5 Å². The van der Waals surface area contributed by atoms with Crippen molar-refractivity contribution in [2.24, 2.45) is 0 Å². The number of benzene rings is 2. The number of aromatic nitrogens is 1. The van der Waals surface area contributed by atoms with Crippen molar-refractivity contribution in [3.05, 3.63) is 68.1 Å². The number of rotatable bonds is 1. The van der Waals surface area contributed by atoms with Gasteiger partial charge in [0.05, 0.1) is 16.1 Å². The first-order chi connectivity index (χ1) is 9.58. The summed E-state index contributed by atoms with van der Waals surface area (Å²) in [5.74, 6) is -1.25. The predicted molar refractivity (Wildman–Crippen MR) is 79.4 cm³/mol. The van der Waals surface area contributed by atoms with E-state index in [-0.39, 0.29) is 10.6 Å². The minimum absolute atomic E-state index is 0.252. The molecule has 0 aliphatic rings. The Morgan fingerprint density at radius 1 is 1.20 bits per heavy atom. The molecular formula is C14H7BrClNO3. The molecule has 0 unspecified atom stereocenters. The number of halogens is 2. The lowest BCUT2D eigenvalue weighted by atomic mass is 10.2. The highest BCUT2D eigenvalue weighted by Crippen LogP contribution is 2.21. The summed E-state index contributed by atoms with van der Waals surface area (Å²) in [6.07, 6.45) is 0. The molecule has 0 bridgehead atoms. The fourth-order valence-electron chi connectivity index (χ4n) is 1.94. The normalized spacial score (nSPS) is 10.9. The number of hydrogen-bond donors (Lipinski definition) is 0. The van der Waals surface area contributed by atoms with Crippen LogP contribution in [0.5, 0.6) is 0 Å². The Labute approximate surface area is 126 Å². The molecule has 2 aromatic carbocycles. The standard InChI is InChI=1S/C14H7BrClNO3/c15-8-5-6-11-12(7-8)20-14(19)17(11)13(18)9-3-1-2-4-10(9)16/h1-7H. The molecular weight excluding hydrogens is 346 g/mol. The molecule has 1 heterocycles. The lowest BCUT2D eigenvalue weighted by Crippen LogP contribution is -2.23. The summed E-state index contributed by atoms with van der Waals surface area (Å²) in [6.45, 7) is 0. The minimum Gasteiger partial charge on any atom is -0.407 e. The van der Waals surface area contributed by atoms with Gasteiger partial charge < -0.3 is 4.42 Å². The van der Waals surface area contributed by atoms with Gasteiger partial charge in [-0.25, -0.2) is 9.36 Å². The molecule has 0 fully saturated rings. The Hall–Kier alpha value is -1.85. The number of carbonyl (C=O) groups is 1. The molecule has 0 aliphatic carbocycles. The van der Waals surface area contributed by atoms with Crippen LogP contribution >= 0.6 is 27.5 Å². The van der Waals surface area contributed by atoms with E-state index in [1.54, 1.807) is 42.5 Å². The second kappa shape index (κ2) is 4.92. The predicted octanol–water partition coefficient (Wildman–Crippen LogP) is 3.70. The summed E-state index contributed by atoms with van der Waals surface area (Å²) in [4.78, 5) is 24.3. The molecule has 0 amide bonds. The largest absolute Gasteiger partial charge is 0.427 e. The number of carbonyl (C=O) groups excluding carboxylic acids is 1. The van der Waals surface area contributed by atoms with Crippen molar-refractivity contribution in [1.82, 2.24) is 4.57 Å². The average Bonchev–Trinajstić information content (AvgIpc) is 2.73. The van der Waals surface area contributed by atoms with E-state index in [0.29, 0.717) is 11.1 Å². The topological polar surface area (TPSA) is 52.2 Å². The van der Waals surface area contributed by atoms with Crippen LogP contribution in [0.2, 0.25) is 5.02 Å². The molecule has 100 valence electrons. The zero-order valence-corrected chi connectivity index (χ0v) is 12.3. The van der Waals surface area contributed by atoms with Crippen molar-refractivity contribution >= 4 is 44.5 Å². The van der Waals surface area contributed by atoms with Gasteiger partial charge in [0.25, 0.3) is 5.91 Å². The highest BCUT2D eigenvalue weighted by atomic mass is 79.9. The van der Waals surface area contributed by atoms with E-state index in [9.17, 15) is 9.59 Å². The van der Waals surface area contributed by atoms with Gasteiger partial charge in [-0.2, -0.15) is 0 Å². The molecule has 0 spiro atoms. The molecule has 0 saturated carbocycles. The van der Waals surface area contributed by atoms with Gasteiger partial charge in [0.1, 0.15) is 0 Å². The lowest BCUT2D eigenvalue weighted by Gasteiger charge is -2.03. The quantitative estimate of drug-likeness (QED) is 0.671. The van der Waals surface area contributed by atoms with Crippen LogP contribution < -0.4 is 5.76 Å². The molecule has 3 aromatic rings. The van der Waals surface area contributed by atoms with Gasteiger partial charge in [-0.15, -0.1) is 0 Å². The highest BCUT2D eigenvalue weighted by Gasteiger charge is 2.19. The third kappa shape index (κ3) is 2.09. The number of fused-ring (bicyclic) bond motifs is 1. The van der Waals surface area contributed by atoms with Crippen molar-refractivity contribution in [2.75, 3.05) is 0 Å². The Morgan fingerprint density at radius 3 is 2.70 bits per heavy atom. The minimum atomic E-state index is -0.733. The van der Waals surface area contributed by atoms with Crippen molar-refractivity contribution in [2.45, 2.75) is 0 Å². The molecule has 6 heteroatoms. The van der Waals surface area contributed by atoms with Crippen molar-refractivity contribution in [3.8, 4) is 0 Å². The summed E-state index contributed by atoms with van der Waals surface area (Å²) < 4.78 is 6.81. The van der Waals surface area contributed by atoms with Gasteiger partial charge in [-0.1, -0.05) is 39.7 Å². The van der Waals surface area contributed by atoms with E-state index < -0.39 is 11.7 Å². The third-order valence-electron chi connectivity index (χ3n) is 2.85. The van der Waals surface area contributed by atoms with Gasteiger partial charge in [0.2, 0.25) is 0 Å². The van der Waals surface area contributed by atoms with Crippen LogP contribution in [0, 0.1) is 0 Å². The van der Waals surface area contributed by atoms with E-state index in [1.807, 2.05) is 0 Å². The molecule has 1 aromatic heterocycles. The summed E-state index contributed by atoms with van der Waals surface area (Å²) in [6, 6.07) is 11.6. The zero-order valence-electron chi connectivity index (χ0n) is 9.97. The third-order valence-corrected chi connectivity index (χ3v) is 3.67. The van der Waals surface area contributed by atoms with E-state index >= 15 is 0 Å². The lowest BCUT2D eigenvalue weighted by molar-refractivity contribution is 0.0956. The number of oxazole rings is 1. The van der Waals surface area contributed by atoms with Crippen LogP contribution in [0.25, 0.3) is 11.1 Å². The average molecular weight is 353 g/mol. The number of hydrogen-bond acceptors (Lipinski definition) is 3. The van der Waals surface area contributed by atoms with Gasteiger partial charge in [0, 0.05) is 4.47 Å². The molecule has 3 rings (SSSR count). The molecule has 0 atom stereocenters. The van der Waals surface area contributed by atoms with Crippen LogP contribution in [0.15, 0.2) is 56.1 Å². The summed E-state index contributed by atoms with van der Waals surface area (Å²) in [5, 5.41) is 0.288. The van der Waals surface area contributed by atoms with E-state index in [0.717, 1.165) is 9.04 Å². The summed E-state index contributed by atoms with van der Waals surface area (Å²) in [7, 11) is 0. The molecule has 0 N–H and O–H groups in total. The fourth-order valence-corrected chi connectivity index (χ4v) is 2.50. The molecule has 0 radical (unpaired) electrons. The monoisotopic (exact) mass is 351 g/mol. The van der Waals surface area contributed by atoms with Gasteiger partial charge >= 0.3 is 5.76 Å². The molecule has 0 saturated heterocycles. The van der Waals surface area contributed by atoms with Crippen LogP contribution in [0.3, 0.4) is 0 Å². The first kappa shape index (κ1) is 13.1. The van der Waals surface area contributed by atoms with Crippen molar-refractivity contribution in [3.63, 3.8) is 0 Å². The maximum Gasteiger partial charge on any atom is 0.427 e. The zero-order chi connectivity index (χ0) is 14.3. The summed E-state index contributed by atoms with van der Waals surface area (Å²) in [5.41, 5.74) is 0.995. The van der Waals surface area contributed by atoms with Gasteiger partial charge in [-0.05, 0) is 30.3 Å². The Bertz CT molecular complexity index is 882. The Balaban J connectivity index is 2.25. The smallest absolute Gasteiger partial charge is 0.407 e. The van der Waals surface area contributed by atoms with Crippen molar-refractivity contribution in [1.29, 1.82) is 0 Å². The molecule has 4 nitrogen and oxygen atoms in total. The Kier molecular flexibility index (Phi) is 3.23. The molecule has 0 aliphatic heterocycles.